The second-order valence-corrected chi connectivity index (χ2v) is 7.58. The lowest BCUT2D eigenvalue weighted by atomic mass is 9.90. The van der Waals surface area contributed by atoms with E-state index >= 15 is 0 Å². The summed E-state index contributed by atoms with van der Waals surface area (Å²) in [5.74, 6) is -0.890. The number of hydrogen-bond acceptors (Lipinski definition) is 3. The minimum Gasteiger partial charge on any atom is -0.318 e. The minimum absolute atomic E-state index is 0.117. The first-order valence-electron chi connectivity index (χ1n) is 9.60. The first-order valence-corrected chi connectivity index (χ1v) is 9.60. The van der Waals surface area contributed by atoms with E-state index in [1.54, 1.807) is 31.2 Å². The molecule has 1 aliphatic carbocycles. The standard InChI is InChI=1S/C22H23N3O3/c1-22(18-9-3-2-4-10-18)20(27)25(21(28)23-22)24-19(26)14-15-11-12-16-7-5-6-8-17(16)13-15/h2-4,9-13H,5-8,14H2,1H3,(H,23,28)(H,24,26). The van der Waals surface area contributed by atoms with Crippen LogP contribution in [0, 0.1) is 0 Å². The van der Waals surface area contributed by atoms with Gasteiger partial charge in [0.25, 0.3) is 5.91 Å². The molecule has 1 aliphatic heterocycles. The Morgan fingerprint density at radius 3 is 2.54 bits per heavy atom. The Morgan fingerprint density at radius 1 is 1.07 bits per heavy atom. The van der Waals surface area contributed by atoms with Gasteiger partial charge in [-0.3, -0.25) is 15.0 Å². The average molecular weight is 377 g/mol. The van der Waals surface area contributed by atoms with Gasteiger partial charge in [0.15, 0.2) is 0 Å². The lowest BCUT2D eigenvalue weighted by Crippen LogP contribution is -2.48. The number of amides is 4. The largest absolute Gasteiger partial charge is 0.344 e. The number of hydrazine groups is 1. The van der Waals surface area contributed by atoms with Gasteiger partial charge in [-0.25, -0.2) is 4.79 Å². The lowest BCUT2D eigenvalue weighted by Gasteiger charge is -2.22. The molecule has 28 heavy (non-hydrogen) atoms. The van der Waals surface area contributed by atoms with Gasteiger partial charge < -0.3 is 5.32 Å². The quantitative estimate of drug-likeness (QED) is 0.804. The van der Waals surface area contributed by atoms with Gasteiger partial charge in [0.2, 0.25) is 5.91 Å². The van der Waals surface area contributed by atoms with Crippen LogP contribution in [0.15, 0.2) is 48.5 Å². The smallest absolute Gasteiger partial charge is 0.318 e. The molecule has 2 aromatic rings. The zero-order valence-corrected chi connectivity index (χ0v) is 15.8. The van der Waals surface area contributed by atoms with Crippen molar-refractivity contribution in [3.8, 4) is 0 Å². The maximum Gasteiger partial charge on any atom is 0.344 e. The molecule has 0 aromatic heterocycles. The molecule has 144 valence electrons. The average Bonchev–Trinajstić information content (AvgIpc) is 2.92. The molecule has 6 heteroatoms. The number of fused-ring (bicyclic) bond motifs is 1. The van der Waals surface area contributed by atoms with Gasteiger partial charge >= 0.3 is 6.03 Å². The van der Waals surface area contributed by atoms with Gasteiger partial charge in [-0.1, -0.05) is 48.5 Å². The highest BCUT2D eigenvalue weighted by Crippen LogP contribution is 2.27. The number of aryl methyl sites for hydroxylation is 2. The first-order chi connectivity index (χ1) is 13.5. The van der Waals surface area contributed by atoms with Crippen LogP contribution in [0.4, 0.5) is 4.79 Å². The molecule has 1 saturated heterocycles. The predicted molar refractivity (Wildman–Crippen MR) is 104 cm³/mol. The fourth-order valence-corrected chi connectivity index (χ4v) is 3.95. The normalized spacial score (nSPS) is 21.2. The second-order valence-electron chi connectivity index (χ2n) is 7.58. The van der Waals surface area contributed by atoms with Crippen LogP contribution in [-0.2, 0) is 34.4 Å². The van der Waals surface area contributed by atoms with Crippen molar-refractivity contribution in [2.24, 2.45) is 0 Å². The van der Waals surface area contributed by atoms with Crippen LogP contribution in [0.5, 0.6) is 0 Å². The van der Waals surface area contributed by atoms with Crippen molar-refractivity contribution in [1.82, 2.24) is 15.8 Å². The van der Waals surface area contributed by atoms with E-state index in [1.165, 1.54) is 24.0 Å². The van der Waals surface area contributed by atoms with E-state index in [4.69, 9.17) is 0 Å². The fourth-order valence-electron chi connectivity index (χ4n) is 3.95. The molecule has 0 spiro atoms. The van der Waals surface area contributed by atoms with Crippen LogP contribution < -0.4 is 10.7 Å². The number of benzene rings is 2. The predicted octanol–water partition coefficient (Wildman–Crippen LogP) is 2.61. The Labute approximate surface area is 163 Å². The van der Waals surface area contributed by atoms with Gasteiger partial charge in [0, 0.05) is 0 Å². The highest BCUT2D eigenvalue weighted by atomic mass is 16.2. The Bertz CT molecular complexity index is 941. The maximum absolute atomic E-state index is 12.8. The Hall–Kier alpha value is -3.15. The van der Waals surface area contributed by atoms with Crippen LogP contribution in [0.1, 0.15) is 42.0 Å². The molecule has 2 aliphatic rings. The van der Waals surface area contributed by atoms with Crippen molar-refractivity contribution in [2.75, 3.05) is 0 Å². The number of rotatable bonds is 4. The monoisotopic (exact) mass is 377 g/mol. The van der Waals surface area contributed by atoms with E-state index < -0.39 is 23.4 Å². The van der Waals surface area contributed by atoms with Crippen LogP contribution in [0.3, 0.4) is 0 Å². The molecule has 1 heterocycles. The summed E-state index contributed by atoms with van der Waals surface area (Å²) < 4.78 is 0. The Kier molecular flexibility index (Phi) is 4.63. The minimum atomic E-state index is -1.20. The summed E-state index contributed by atoms with van der Waals surface area (Å²) in [7, 11) is 0. The molecule has 6 nitrogen and oxygen atoms in total. The molecule has 0 bridgehead atoms. The molecule has 4 rings (SSSR count). The van der Waals surface area contributed by atoms with E-state index in [1.807, 2.05) is 12.1 Å². The third-order valence-electron chi connectivity index (χ3n) is 5.56. The molecule has 2 N–H and O–H groups in total. The fraction of sp³-hybridized carbons (Fsp3) is 0.318. The molecule has 1 atom stereocenters. The van der Waals surface area contributed by atoms with Gasteiger partial charge in [-0.15, -0.1) is 0 Å². The molecular weight excluding hydrogens is 354 g/mol. The van der Waals surface area contributed by atoms with E-state index in [9.17, 15) is 14.4 Å². The topological polar surface area (TPSA) is 78.5 Å². The van der Waals surface area contributed by atoms with E-state index in [0.29, 0.717) is 5.56 Å². The molecule has 1 fully saturated rings. The zero-order chi connectivity index (χ0) is 19.7. The third-order valence-corrected chi connectivity index (χ3v) is 5.56. The first kappa shape index (κ1) is 18.2. The molecule has 2 aromatic carbocycles. The molecular formula is C22H23N3O3. The van der Waals surface area contributed by atoms with Crippen molar-refractivity contribution < 1.29 is 14.4 Å². The van der Waals surface area contributed by atoms with Crippen LogP contribution >= 0.6 is 0 Å². The van der Waals surface area contributed by atoms with Crippen LogP contribution in [0.25, 0.3) is 0 Å². The number of hydrogen-bond donors (Lipinski definition) is 2. The number of nitrogens with one attached hydrogen (secondary N) is 2. The van der Waals surface area contributed by atoms with Crippen molar-refractivity contribution in [2.45, 2.75) is 44.6 Å². The molecule has 0 saturated carbocycles. The summed E-state index contributed by atoms with van der Waals surface area (Å²) in [6, 6.07) is 14.5. The highest BCUT2D eigenvalue weighted by molar-refractivity contribution is 6.08. The molecule has 1 unspecified atom stereocenters. The summed E-state index contributed by atoms with van der Waals surface area (Å²) in [5.41, 5.74) is 5.46. The van der Waals surface area contributed by atoms with Gasteiger partial charge in [0.05, 0.1) is 6.42 Å². The lowest BCUT2D eigenvalue weighted by molar-refractivity contribution is -0.138. The Balaban J connectivity index is 1.46. The zero-order valence-electron chi connectivity index (χ0n) is 15.8. The van der Waals surface area contributed by atoms with Gasteiger partial charge in [-0.05, 0) is 54.9 Å². The van der Waals surface area contributed by atoms with Crippen LogP contribution in [-0.4, -0.2) is 22.9 Å². The number of imide groups is 1. The van der Waals surface area contributed by atoms with Gasteiger partial charge in [0.1, 0.15) is 5.54 Å². The van der Waals surface area contributed by atoms with Crippen molar-refractivity contribution in [3.05, 3.63) is 70.8 Å². The van der Waals surface area contributed by atoms with Crippen molar-refractivity contribution >= 4 is 17.8 Å². The number of urea groups is 1. The molecule has 4 amide bonds. The van der Waals surface area contributed by atoms with Crippen molar-refractivity contribution in [1.29, 1.82) is 0 Å². The summed E-state index contributed by atoms with van der Waals surface area (Å²) in [4.78, 5) is 37.7. The van der Waals surface area contributed by atoms with E-state index in [0.717, 1.165) is 23.4 Å². The highest BCUT2D eigenvalue weighted by Gasteiger charge is 2.49. The maximum atomic E-state index is 12.8. The summed E-state index contributed by atoms with van der Waals surface area (Å²) in [5, 5.41) is 3.46. The number of nitrogens with zero attached hydrogens (tertiary/aromatic N) is 1. The number of carbonyl (C=O) groups is 3. The van der Waals surface area contributed by atoms with E-state index in [2.05, 4.69) is 22.9 Å². The Morgan fingerprint density at radius 2 is 1.79 bits per heavy atom. The third kappa shape index (κ3) is 3.26. The second kappa shape index (κ2) is 7.11. The van der Waals surface area contributed by atoms with Crippen LogP contribution in [0.2, 0.25) is 0 Å². The summed E-state index contributed by atoms with van der Waals surface area (Å²) >= 11 is 0. The SMILES string of the molecule is CC1(c2ccccc2)NC(=O)N(NC(=O)Cc2ccc3c(c2)CCCC3)C1=O. The molecule has 0 radical (unpaired) electrons. The summed E-state index contributed by atoms with van der Waals surface area (Å²) in [6.45, 7) is 1.64. The van der Waals surface area contributed by atoms with Gasteiger partial charge in [-0.2, -0.15) is 5.01 Å². The summed E-state index contributed by atoms with van der Waals surface area (Å²) in [6.07, 6.45) is 4.62. The van der Waals surface area contributed by atoms with Crippen molar-refractivity contribution in [3.63, 3.8) is 0 Å². The number of carbonyl (C=O) groups excluding carboxylic acids is 3. The van der Waals surface area contributed by atoms with E-state index in [-0.39, 0.29) is 6.42 Å².